The van der Waals surface area contributed by atoms with Crippen LogP contribution < -0.4 is 4.90 Å². The molecule has 0 saturated carbocycles. The van der Waals surface area contributed by atoms with Gasteiger partial charge in [-0.3, -0.25) is 0 Å². The SMILES string of the molecule is Cc1cc(-c2ccc(C)c(S(=O)(=O)N3CCN(c4ccccc4F)CC3)c2)on1. The minimum absolute atomic E-state index is 0.253. The fourth-order valence-corrected chi connectivity index (χ4v) is 5.22. The van der Waals surface area contributed by atoms with E-state index in [1.807, 2.05) is 17.9 Å². The Kier molecular flexibility index (Phi) is 5.14. The topological polar surface area (TPSA) is 66.7 Å². The zero-order valence-corrected chi connectivity index (χ0v) is 17.1. The van der Waals surface area contributed by atoms with E-state index in [1.165, 1.54) is 10.4 Å². The minimum atomic E-state index is -3.68. The molecule has 8 heteroatoms. The van der Waals surface area contributed by atoms with E-state index in [9.17, 15) is 12.8 Å². The van der Waals surface area contributed by atoms with E-state index in [0.29, 0.717) is 48.8 Å². The molecule has 4 rings (SSSR count). The zero-order chi connectivity index (χ0) is 20.6. The average Bonchev–Trinajstić information content (AvgIpc) is 3.15. The summed E-state index contributed by atoms with van der Waals surface area (Å²) in [5, 5.41) is 3.87. The molecule has 0 aliphatic carbocycles. The average molecular weight is 415 g/mol. The molecule has 0 N–H and O–H groups in total. The fraction of sp³-hybridized carbons (Fsp3) is 0.286. The first kappa shape index (κ1) is 19.6. The molecule has 0 radical (unpaired) electrons. The molecule has 29 heavy (non-hydrogen) atoms. The van der Waals surface area contributed by atoms with Gasteiger partial charge in [-0.15, -0.1) is 0 Å². The Hall–Kier alpha value is -2.71. The Morgan fingerprint density at radius 1 is 1.00 bits per heavy atom. The van der Waals surface area contributed by atoms with E-state index in [2.05, 4.69) is 5.16 Å². The van der Waals surface area contributed by atoms with Gasteiger partial charge in [-0.1, -0.05) is 29.4 Å². The molecule has 2 heterocycles. The van der Waals surface area contributed by atoms with Gasteiger partial charge in [0.05, 0.1) is 16.3 Å². The summed E-state index contributed by atoms with van der Waals surface area (Å²) in [6.45, 7) is 5.04. The van der Waals surface area contributed by atoms with Crippen molar-refractivity contribution in [3.05, 3.63) is 65.6 Å². The van der Waals surface area contributed by atoms with Crippen molar-refractivity contribution in [1.82, 2.24) is 9.46 Å². The normalized spacial score (nSPS) is 15.6. The fourth-order valence-electron chi connectivity index (χ4n) is 3.55. The maximum Gasteiger partial charge on any atom is 0.243 e. The number of benzene rings is 2. The standard InChI is InChI=1S/C21H22FN3O3S/c1-15-7-8-17(20-13-16(2)23-28-20)14-21(15)29(26,27)25-11-9-24(10-12-25)19-6-4-3-5-18(19)22/h3-8,13-14H,9-12H2,1-2H3. The lowest BCUT2D eigenvalue weighted by Crippen LogP contribution is -2.49. The second-order valence-electron chi connectivity index (χ2n) is 7.16. The van der Waals surface area contributed by atoms with Crippen LogP contribution in [0.2, 0.25) is 0 Å². The summed E-state index contributed by atoms with van der Waals surface area (Å²) in [7, 11) is -3.68. The van der Waals surface area contributed by atoms with Crippen molar-refractivity contribution in [3.63, 3.8) is 0 Å². The summed E-state index contributed by atoms with van der Waals surface area (Å²) in [6, 6.07) is 13.6. The first-order valence-corrected chi connectivity index (χ1v) is 10.8. The zero-order valence-electron chi connectivity index (χ0n) is 16.3. The molecule has 152 valence electrons. The van der Waals surface area contributed by atoms with Crippen LogP contribution in [0.5, 0.6) is 0 Å². The first-order valence-electron chi connectivity index (χ1n) is 9.40. The third-order valence-corrected chi connectivity index (χ3v) is 7.19. The highest BCUT2D eigenvalue weighted by Gasteiger charge is 2.30. The number of sulfonamides is 1. The van der Waals surface area contributed by atoms with Gasteiger partial charge in [0.1, 0.15) is 5.82 Å². The number of nitrogens with zero attached hydrogens (tertiary/aromatic N) is 3. The third-order valence-electron chi connectivity index (χ3n) is 5.15. The molecular formula is C21H22FN3O3S. The van der Waals surface area contributed by atoms with Crippen LogP contribution >= 0.6 is 0 Å². The number of para-hydroxylation sites is 1. The maximum absolute atomic E-state index is 14.0. The summed E-state index contributed by atoms with van der Waals surface area (Å²) >= 11 is 0. The summed E-state index contributed by atoms with van der Waals surface area (Å²) in [4.78, 5) is 2.13. The van der Waals surface area contributed by atoms with Gasteiger partial charge in [0.2, 0.25) is 10.0 Å². The van der Waals surface area contributed by atoms with Crippen molar-refractivity contribution in [3.8, 4) is 11.3 Å². The number of hydrogen-bond acceptors (Lipinski definition) is 5. The molecule has 0 spiro atoms. The van der Waals surface area contributed by atoms with Crippen LogP contribution in [-0.4, -0.2) is 44.1 Å². The molecule has 0 atom stereocenters. The van der Waals surface area contributed by atoms with E-state index in [-0.39, 0.29) is 10.7 Å². The molecule has 1 fully saturated rings. The van der Waals surface area contributed by atoms with Crippen LogP contribution in [0.15, 0.2) is 57.9 Å². The third kappa shape index (κ3) is 3.77. The maximum atomic E-state index is 14.0. The van der Waals surface area contributed by atoms with Gasteiger partial charge in [0.25, 0.3) is 0 Å². The van der Waals surface area contributed by atoms with E-state index < -0.39 is 10.0 Å². The molecule has 6 nitrogen and oxygen atoms in total. The lowest BCUT2D eigenvalue weighted by atomic mass is 10.1. The van der Waals surface area contributed by atoms with Crippen molar-refractivity contribution in [2.45, 2.75) is 18.7 Å². The Morgan fingerprint density at radius 3 is 2.38 bits per heavy atom. The van der Waals surface area contributed by atoms with Crippen LogP contribution in [0.25, 0.3) is 11.3 Å². The smallest absolute Gasteiger partial charge is 0.243 e. The molecule has 2 aromatic carbocycles. The molecule has 0 unspecified atom stereocenters. The highest BCUT2D eigenvalue weighted by atomic mass is 32.2. The van der Waals surface area contributed by atoms with Gasteiger partial charge < -0.3 is 9.42 Å². The van der Waals surface area contributed by atoms with Gasteiger partial charge >= 0.3 is 0 Å². The summed E-state index contributed by atoms with van der Waals surface area (Å²) in [6.07, 6.45) is 0. The van der Waals surface area contributed by atoms with Crippen LogP contribution in [-0.2, 0) is 10.0 Å². The molecule has 1 saturated heterocycles. The van der Waals surface area contributed by atoms with Crippen LogP contribution in [0.3, 0.4) is 0 Å². The molecule has 1 aliphatic heterocycles. The van der Waals surface area contributed by atoms with Crippen LogP contribution in [0.4, 0.5) is 10.1 Å². The Morgan fingerprint density at radius 2 is 1.72 bits per heavy atom. The Bertz CT molecular complexity index is 1140. The van der Waals surface area contributed by atoms with Gasteiger partial charge in [-0.2, -0.15) is 4.31 Å². The number of halogens is 1. The second kappa shape index (κ2) is 7.61. The molecule has 3 aromatic rings. The second-order valence-corrected chi connectivity index (χ2v) is 9.06. The molecule has 1 aliphatic rings. The highest BCUT2D eigenvalue weighted by molar-refractivity contribution is 7.89. The van der Waals surface area contributed by atoms with E-state index in [4.69, 9.17) is 4.52 Å². The number of rotatable bonds is 4. The van der Waals surface area contributed by atoms with Crippen LogP contribution in [0.1, 0.15) is 11.3 Å². The summed E-state index contributed by atoms with van der Waals surface area (Å²) < 4.78 is 47.4. The van der Waals surface area contributed by atoms with E-state index >= 15 is 0 Å². The van der Waals surface area contributed by atoms with Gasteiger partial charge in [-0.05, 0) is 37.6 Å². The molecule has 1 aromatic heterocycles. The first-order chi connectivity index (χ1) is 13.9. The number of hydrogen-bond donors (Lipinski definition) is 0. The molecule has 0 amide bonds. The lowest BCUT2D eigenvalue weighted by Gasteiger charge is -2.35. The van der Waals surface area contributed by atoms with Crippen molar-refractivity contribution >= 4 is 15.7 Å². The minimum Gasteiger partial charge on any atom is -0.367 e. The summed E-state index contributed by atoms with van der Waals surface area (Å²) in [5.41, 5.74) is 2.57. The van der Waals surface area contributed by atoms with Crippen molar-refractivity contribution < 1.29 is 17.3 Å². The van der Waals surface area contributed by atoms with Crippen molar-refractivity contribution in [2.24, 2.45) is 0 Å². The van der Waals surface area contributed by atoms with Gasteiger partial charge in [0, 0.05) is 37.8 Å². The number of piperazine rings is 1. The van der Waals surface area contributed by atoms with Gasteiger partial charge in [0.15, 0.2) is 5.76 Å². The monoisotopic (exact) mass is 415 g/mol. The molecule has 0 bridgehead atoms. The van der Waals surface area contributed by atoms with E-state index in [1.54, 1.807) is 43.3 Å². The number of aromatic nitrogens is 1. The van der Waals surface area contributed by atoms with Crippen LogP contribution in [0, 0.1) is 19.7 Å². The summed E-state index contributed by atoms with van der Waals surface area (Å²) in [5.74, 6) is 0.234. The highest BCUT2D eigenvalue weighted by Crippen LogP contribution is 2.29. The van der Waals surface area contributed by atoms with Crippen molar-refractivity contribution in [1.29, 1.82) is 0 Å². The number of aryl methyl sites for hydroxylation is 2. The quantitative estimate of drug-likeness (QED) is 0.651. The Labute approximate surface area is 169 Å². The largest absolute Gasteiger partial charge is 0.367 e. The van der Waals surface area contributed by atoms with Gasteiger partial charge in [-0.25, -0.2) is 12.8 Å². The van der Waals surface area contributed by atoms with Crippen molar-refractivity contribution in [2.75, 3.05) is 31.1 Å². The predicted octanol–water partition coefficient (Wildman–Crippen LogP) is 3.61. The lowest BCUT2D eigenvalue weighted by molar-refractivity contribution is 0.383. The number of anilines is 1. The van der Waals surface area contributed by atoms with E-state index in [0.717, 1.165) is 5.69 Å². The molecular weight excluding hydrogens is 393 g/mol. The Balaban J connectivity index is 1.57. The predicted molar refractivity (Wildman–Crippen MR) is 109 cm³/mol.